The molecular formula is C18H15Cl2N3O2. The third kappa shape index (κ3) is 2.73. The van der Waals surface area contributed by atoms with Gasteiger partial charge in [0.15, 0.2) is 5.82 Å². The van der Waals surface area contributed by atoms with Gasteiger partial charge in [-0.05, 0) is 36.4 Å². The van der Waals surface area contributed by atoms with Gasteiger partial charge in [0.1, 0.15) is 17.3 Å². The van der Waals surface area contributed by atoms with Crippen molar-refractivity contribution in [1.29, 1.82) is 0 Å². The van der Waals surface area contributed by atoms with E-state index in [9.17, 15) is 5.11 Å². The van der Waals surface area contributed by atoms with Crippen LogP contribution in [0.4, 0.5) is 0 Å². The van der Waals surface area contributed by atoms with Crippen LogP contribution in [0.1, 0.15) is 17.3 Å². The van der Waals surface area contributed by atoms with Gasteiger partial charge in [0, 0.05) is 30.0 Å². The summed E-state index contributed by atoms with van der Waals surface area (Å²) in [5, 5.41) is 19.7. The van der Waals surface area contributed by atoms with Crippen LogP contribution in [-0.2, 0) is 13.0 Å². The van der Waals surface area contributed by atoms with Crippen LogP contribution in [-0.4, -0.2) is 27.0 Å². The fourth-order valence-corrected chi connectivity index (χ4v) is 3.75. The van der Waals surface area contributed by atoms with Gasteiger partial charge in [0.2, 0.25) is 0 Å². The second-order valence-corrected chi connectivity index (χ2v) is 6.76. The van der Waals surface area contributed by atoms with Crippen LogP contribution in [0.5, 0.6) is 11.5 Å². The largest absolute Gasteiger partial charge is 0.508 e. The molecule has 5 nitrogen and oxygen atoms in total. The van der Waals surface area contributed by atoms with E-state index in [1.165, 1.54) is 0 Å². The summed E-state index contributed by atoms with van der Waals surface area (Å²) in [5.41, 5.74) is 1.63. The van der Waals surface area contributed by atoms with Crippen molar-refractivity contribution < 1.29 is 9.84 Å². The molecule has 0 saturated carbocycles. The molecule has 0 saturated heterocycles. The Bertz CT molecular complexity index is 938. The van der Waals surface area contributed by atoms with Crippen molar-refractivity contribution in [3.8, 4) is 22.9 Å². The number of rotatable bonds is 3. The minimum Gasteiger partial charge on any atom is -0.508 e. The lowest BCUT2D eigenvalue weighted by Gasteiger charge is -2.15. The van der Waals surface area contributed by atoms with Crippen LogP contribution in [0, 0.1) is 0 Å². The molecule has 0 spiro atoms. The zero-order valence-corrected chi connectivity index (χ0v) is 14.9. The lowest BCUT2D eigenvalue weighted by Crippen LogP contribution is -2.04. The minimum absolute atomic E-state index is 0.00805. The van der Waals surface area contributed by atoms with Gasteiger partial charge in [-0.1, -0.05) is 23.2 Å². The molecule has 2 aromatic carbocycles. The molecule has 1 N–H and O–H groups in total. The first-order valence-corrected chi connectivity index (χ1v) is 8.57. The van der Waals surface area contributed by atoms with E-state index in [2.05, 4.69) is 14.8 Å². The minimum atomic E-state index is 0.00805. The predicted molar refractivity (Wildman–Crippen MR) is 96.6 cm³/mol. The lowest BCUT2D eigenvalue weighted by molar-refractivity contribution is 0.415. The number of ether oxygens (including phenoxy) is 1. The van der Waals surface area contributed by atoms with Crippen molar-refractivity contribution >= 4 is 23.2 Å². The number of aromatic hydroxyl groups is 1. The Morgan fingerprint density at radius 1 is 1.12 bits per heavy atom. The maximum atomic E-state index is 10.2. The first-order valence-electron chi connectivity index (χ1n) is 7.82. The van der Waals surface area contributed by atoms with Crippen molar-refractivity contribution in [3.63, 3.8) is 0 Å². The molecule has 1 aliphatic rings. The summed E-state index contributed by atoms with van der Waals surface area (Å²) in [7, 11) is 1.63. The Labute approximate surface area is 154 Å². The molecule has 128 valence electrons. The Morgan fingerprint density at radius 3 is 2.60 bits per heavy atom. The molecule has 25 heavy (non-hydrogen) atoms. The molecule has 0 fully saturated rings. The number of halogens is 2. The van der Waals surface area contributed by atoms with E-state index in [1.807, 2.05) is 24.3 Å². The first kappa shape index (κ1) is 16.2. The molecule has 1 aromatic heterocycles. The molecule has 0 bridgehead atoms. The fourth-order valence-electron chi connectivity index (χ4n) is 3.27. The topological polar surface area (TPSA) is 60.2 Å². The molecule has 0 amide bonds. The number of nitrogens with zero attached hydrogens (tertiary/aromatic N) is 3. The van der Waals surface area contributed by atoms with Crippen molar-refractivity contribution in [2.45, 2.75) is 18.9 Å². The second kappa shape index (κ2) is 6.24. The molecule has 1 aliphatic heterocycles. The summed E-state index contributed by atoms with van der Waals surface area (Å²) in [6.45, 7) is 0.636. The van der Waals surface area contributed by atoms with Crippen LogP contribution >= 0.6 is 23.2 Å². The maximum Gasteiger partial charge on any atom is 0.163 e. The SMILES string of the molecule is COc1ccc(-c2nnc3n2C[C@H](c2c(O)ccc(Cl)c2Cl)C3)cc1. The third-order valence-corrected chi connectivity index (χ3v) is 5.34. The fraction of sp³-hybridized carbons (Fsp3) is 0.222. The van der Waals surface area contributed by atoms with E-state index in [0.717, 1.165) is 23.0 Å². The van der Waals surface area contributed by atoms with Gasteiger partial charge in [0.25, 0.3) is 0 Å². The van der Waals surface area contributed by atoms with Crippen LogP contribution in [0.3, 0.4) is 0 Å². The molecule has 0 aliphatic carbocycles. The van der Waals surface area contributed by atoms with E-state index in [0.29, 0.717) is 28.6 Å². The van der Waals surface area contributed by atoms with E-state index < -0.39 is 0 Å². The normalized spacial score (nSPS) is 16.0. The average Bonchev–Trinajstić information content (AvgIpc) is 3.19. The van der Waals surface area contributed by atoms with Gasteiger partial charge in [-0.2, -0.15) is 0 Å². The summed E-state index contributed by atoms with van der Waals surface area (Å²) < 4.78 is 7.25. The molecular weight excluding hydrogens is 361 g/mol. The van der Waals surface area contributed by atoms with Crippen LogP contribution in [0.25, 0.3) is 11.4 Å². The van der Waals surface area contributed by atoms with Crippen molar-refractivity contribution in [1.82, 2.24) is 14.8 Å². The summed E-state index contributed by atoms with van der Waals surface area (Å²) in [4.78, 5) is 0. The molecule has 7 heteroatoms. The standard InChI is InChI=1S/C18H15Cl2N3O2/c1-25-12-4-2-10(3-5-12)18-22-21-15-8-11(9-23(15)18)16-14(24)7-6-13(19)17(16)20/h2-7,11,24H,8-9H2,1H3/t11-/m1/s1. The molecule has 3 aromatic rings. The summed E-state index contributed by atoms with van der Waals surface area (Å²) in [6, 6.07) is 10.9. The first-order chi connectivity index (χ1) is 12.1. The number of hydrogen-bond acceptors (Lipinski definition) is 4. The maximum absolute atomic E-state index is 10.2. The van der Waals surface area contributed by atoms with E-state index in [4.69, 9.17) is 27.9 Å². The Morgan fingerprint density at radius 2 is 1.88 bits per heavy atom. The van der Waals surface area contributed by atoms with E-state index in [1.54, 1.807) is 19.2 Å². The zero-order chi connectivity index (χ0) is 17.6. The number of benzene rings is 2. The second-order valence-electron chi connectivity index (χ2n) is 5.97. The highest BCUT2D eigenvalue weighted by Gasteiger charge is 2.31. The van der Waals surface area contributed by atoms with Crippen LogP contribution < -0.4 is 4.74 Å². The number of hydrogen-bond donors (Lipinski definition) is 1. The van der Waals surface area contributed by atoms with Gasteiger partial charge in [-0.3, -0.25) is 0 Å². The van der Waals surface area contributed by atoms with Crippen molar-refractivity contribution in [3.05, 3.63) is 57.8 Å². The summed E-state index contributed by atoms with van der Waals surface area (Å²) >= 11 is 12.4. The predicted octanol–water partition coefficient (Wildman–Crippen LogP) is 4.31. The van der Waals surface area contributed by atoms with E-state index in [-0.39, 0.29) is 11.7 Å². The van der Waals surface area contributed by atoms with Crippen LogP contribution in [0.15, 0.2) is 36.4 Å². The lowest BCUT2D eigenvalue weighted by atomic mass is 9.96. The van der Waals surface area contributed by atoms with Gasteiger partial charge in [-0.15, -0.1) is 10.2 Å². The highest BCUT2D eigenvalue weighted by atomic mass is 35.5. The molecule has 0 unspecified atom stereocenters. The Kier molecular flexibility index (Phi) is 4.06. The molecule has 4 rings (SSSR count). The van der Waals surface area contributed by atoms with Gasteiger partial charge in [0.05, 0.1) is 17.2 Å². The van der Waals surface area contributed by atoms with Crippen molar-refractivity contribution in [2.75, 3.05) is 7.11 Å². The quantitative estimate of drug-likeness (QED) is 0.740. The molecule has 1 atom stereocenters. The highest BCUT2D eigenvalue weighted by molar-refractivity contribution is 6.42. The van der Waals surface area contributed by atoms with Gasteiger partial charge in [-0.25, -0.2) is 0 Å². The number of phenolic OH excluding ortho intramolecular Hbond substituents is 1. The van der Waals surface area contributed by atoms with E-state index >= 15 is 0 Å². The Balaban J connectivity index is 1.68. The third-order valence-electron chi connectivity index (χ3n) is 4.53. The zero-order valence-electron chi connectivity index (χ0n) is 13.4. The highest BCUT2D eigenvalue weighted by Crippen LogP contribution is 2.42. The number of methoxy groups -OCH3 is 1. The van der Waals surface area contributed by atoms with Gasteiger partial charge < -0.3 is 14.4 Å². The molecule has 0 radical (unpaired) electrons. The summed E-state index contributed by atoms with van der Waals surface area (Å²) in [6.07, 6.45) is 0.650. The number of phenols is 1. The smallest absolute Gasteiger partial charge is 0.163 e. The monoisotopic (exact) mass is 375 g/mol. The Hall–Kier alpha value is -2.24. The number of fused-ring (bicyclic) bond motifs is 1. The average molecular weight is 376 g/mol. The number of aromatic nitrogens is 3. The van der Waals surface area contributed by atoms with Crippen molar-refractivity contribution in [2.24, 2.45) is 0 Å². The summed E-state index contributed by atoms with van der Waals surface area (Å²) in [5.74, 6) is 2.61. The molecule has 2 heterocycles. The van der Waals surface area contributed by atoms with Crippen LogP contribution in [0.2, 0.25) is 10.0 Å². The van der Waals surface area contributed by atoms with Gasteiger partial charge >= 0.3 is 0 Å².